The quantitative estimate of drug-likeness (QED) is 0.742. The van der Waals surface area contributed by atoms with Crippen LogP contribution in [0.3, 0.4) is 0 Å². The van der Waals surface area contributed by atoms with Gasteiger partial charge in [-0.15, -0.1) is 0 Å². The molecule has 1 aromatic carbocycles. The van der Waals surface area contributed by atoms with E-state index in [-0.39, 0.29) is 11.7 Å². The largest absolute Gasteiger partial charge is 0.352 e. The van der Waals surface area contributed by atoms with E-state index < -0.39 is 17.5 Å². The average molecular weight is 333 g/mol. The van der Waals surface area contributed by atoms with Gasteiger partial charge in [0.1, 0.15) is 5.82 Å². The number of hydrogen-bond donors (Lipinski definition) is 1. The molecule has 0 aliphatic carbocycles. The minimum absolute atomic E-state index is 0.147. The van der Waals surface area contributed by atoms with Gasteiger partial charge >= 0.3 is 0 Å². The number of rotatable bonds is 4. The molecule has 5 nitrogen and oxygen atoms in total. The summed E-state index contributed by atoms with van der Waals surface area (Å²) in [6.45, 7) is 3.91. The molecular formula is C16H14F3N5. The molecule has 0 spiro atoms. The van der Waals surface area contributed by atoms with Crippen molar-refractivity contribution in [3.05, 3.63) is 54.4 Å². The molecule has 0 saturated heterocycles. The first-order chi connectivity index (χ1) is 11.5. The fraction of sp³-hybridized carbons (Fsp3) is 0.188. The van der Waals surface area contributed by atoms with Gasteiger partial charge in [-0.3, -0.25) is 4.57 Å². The molecule has 2 heterocycles. The van der Waals surface area contributed by atoms with Crippen molar-refractivity contribution in [1.29, 1.82) is 0 Å². The predicted molar refractivity (Wildman–Crippen MR) is 83.2 cm³/mol. The third-order valence-corrected chi connectivity index (χ3v) is 3.24. The summed E-state index contributed by atoms with van der Waals surface area (Å²) in [4.78, 5) is 12.4. The average Bonchev–Trinajstić information content (AvgIpc) is 3.02. The highest BCUT2D eigenvalue weighted by Gasteiger charge is 2.17. The summed E-state index contributed by atoms with van der Waals surface area (Å²) in [5.41, 5.74) is 0.365. The zero-order valence-corrected chi connectivity index (χ0v) is 13.0. The van der Waals surface area contributed by atoms with Crippen LogP contribution in [0, 0.1) is 17.5 Å². The Bertz CT molecular complexity index is 859. The number of nitrogens with zero attached hydrogens (tertiary/aromatic N) is 4. The van der Waals surface area contributed by atoms with E-state index in [1.165, 1.54) is 29.4 Å². The van der Waals surface area contributed by atoms with Crippen LogP contribution in [0.2, 0.25) is 0 Å². The van der Waals surface area contributed by atoms with Gasteiger partial charge in [0.2, 0.25) is 5.95 Å². The fourth-order valence-electron chi connectivity index (χ4n) is 2.19. The van der Waals surface area contributed by atoms with Gasteiger partial charge in [0.05, 0.1) is 11.3 Å². The van der Waals surface area contributed by atoms with Gasteiger partial charge < -0.3 is 5.32 Å². The summed E-state index contributed by atoms with van der Waals surface area (Å²) in [6.07, 6.45) is 5.92. The van der Waals surface area contributed by atoms with Crippen LogP contribution in [0.15, 0.2) is 36.9 Å². The standard InChI is InChI=1S/C16H14F3N5/c1-9(2)23-16-21-7-10(8-22-16)15-20-5-6-24(15)12-4-3-11(17)13(18)14(12)19/h3-9H,1-2H3,(H,21,22,23). The van der Waals surface area contributed by atoms with Crippen molar-refractivity contribution >= 4 is 5.95 Å². The Morgan fingerprint density at radius 3 is 2.38 bits per heavy atom. The van der Waals surface area contributed by atoms with Gasteiger partial charge in [-0.1, -0.05) is 0 Å². The first-order valence-corrected chi connectivity index (χ1v) is 7.23. The normalized spacial score (nSPS) is 11.1. The summed E-state index contributed by atoms with van der Waals surface area (Å²) < 4.78 is 41.9. The third kappa shape index (κ3) is 2.94. The molecule has 0 aliphatic heterocycles. The highest BCUT2D eigenvalue weighted by molar-refractivity contribution is 5.57. The lowest BCUT2D eigenvalue weighted by Gasteiger charge is -2.11. The maximum atomic E-state index is 14.0. The van der Waals surface area contributed by atoms with Gasteiger partial charge in [-0.2, -0.15) is 0 Å². The summed E-state index contributed by atoms with van der Waals surface area (Å²) in [6, 6.07) is 2.19. The Kier molecular flexibility index (Phi) is 4.20. The number of hydrogen-bond acceptors (Lipinski definition) is 4. The van der Waals surface area contributed by atoms with Crippen LogP contribution in [0.4, 0.5) is 19.1 Å². The smallest absolute Gasteiger partial charge is 0.222 e. The van der Waals surface area contributed by atoms with Crippen LogP contribution in [-0.4, -0.2) is 25.6 Å². The summed E-state index contributed by atoms with van der Waals surface area (Å²) in [7, 11) is 0. The number of aromatic nitrogens is 4. The highest BCUT2D eigenvalue weighted by atomic mass is 19.2. The monoisotopic (exact) mass is 333 g/mol. The SMILES string of the molecule is CC(C)Nc1ncc(-c2nccn2-c2ccc(F)c(F)c2F)cn1. The Morgan fingerprint density at radius 2 is 1.71 bits per heavy atom. The third-order valence-electron chi connectivity index (χ3n) is 3.24. The summed E-state index contributed by atoms with van der Waals surface area (Å²) in [5, 5.41) is 3.05. The van der Waals surface area contributed by atoms with Crippen LogP contribution in [0.1, 0.15) is 13.8 Å². The van der Waals surface area contributed by atoms with Crippen molar-refractivity contribution in [1.82, 2.24) is 19.5 Å². The first-order valence-electron chi connectivity index (χ1n) is 7.23. The van der Waals surface area contributed by atoms with Crippen molar-refractivity contribution < 1.29 is 13.2 Å². The Morgan fingerprint density at radius 1 is 1.00 bits per heavy atom. The van der Waals surface area contributed by atoms with E-state index in [0.29, 0.717) is 17.3 Å². The molecule has 24 heavy (non-hydrogen) atoms. The van der Waals surface area contributed by atoms with Crippen molar-refractivity contribution in [2.45, 2.75) is 19.9 Å². The van der Waals surface area contributed by atoms with Gasteiger partial charge in [-0.05, 0) is 26.0 Å². The van der Waals surface area contributed by atoms with Crippen LogP contribution in [0.25, 0.3) is 17.1 Å². The summed E-state index contributed by atoms with van der Waals surface area (Å²) >= 11 is 0. The predicted octanol–water partition coefficient (Wildman–Crippen LogP) is 3.57. The molecule has 0 amide bonds. The van der Waals surface area contributed by atoms with Crippen molar-refractivity contribution in [2.75, 3.05) is 5.32 Å². The van der Waals surface area contributed by atoms with Crippen LogP contribution >= 0.6 is 0 Å². The number of anilines is 1. The van der Waals surface area contributed by atoms with Gasteiger partial charge in [0.25, 0.3) is 0 Å². The van der Waals surface area contributed by atoms with Crippen LogP contribution in [0.5, 0.6) is 0 Å². The zero-order valence-electron chi connectivity index (χ0n) is 13.0. The molecule has 0 fully saturated rings. The highest BCUT2D eigenvalue weighted by Crippen LogP contribution is 2.24. The van der Waals surface area contributed by atoms with E-state index in [0.717, 1.165) is 12.1 Å². The van der Waals surface area contributed by atoms with Gasteiger partial charge in [0.15, 0.2) is 17.5 Å². The maximum absolute atomic E-state index is 14.0. The lowest BCUT2D eigenvalue weighted by Crippen LogP contribution is -2.12. The molecule has 0 radical (unpaired) electrons. The summed E-state index contributed by atoms with van der Waals surface area (Å²) in [5.74, 6) is -3.29. The molecule has 3 aromatic rings. The molecule has 2 aromatic heterocycles. The molecule has 1 N–H and O–H groups in total. The molecule has 3 rings (SSSR count). The van der Waals surface area contributed by atoms with Crippen LogP contribution < -0.4 is 5.32 Å². The zero-order chi connectivity index (χ0) is 17.3. The number of halogens is 3. The minimum atomic E-state index is -1.53. The molecule has 124 valence electrons. The van der Waals surface area contributed by atoms with Crippen molar-refractivity contribution in [3.63, 3.8) is 0 Å². The Hall–Kier alpha value is -2.90. The minimum Gasteiger partial charge on any atom is -0.352 e. The van der Waals surface area contributed by atoms with E-state index in [4.69, 9.17) is 0 Å². The second-order valence-corrected chi connectivity index (χ2v) is 5.41. The molecule has 0 atom stereocenters. The number of nitrogens with one attached hydrogen (secondary N) is 1. The van der Waals surface area contributed by atoms with Gasteiger partial charge in [-0.25, -0.2) is 28.1 Å². The van der Waals surface area contributed by atoms with E-state index in [2.05, 4.69) is 20.3 Å². The second-order valence-electron chi connectivity index (χ2n) is 5.41. The number of imidazole rings is 1. The van der Waals surface area contributed by atoms with Gasteiger partial charge in [0, 0.05) is 30.8 Å². The second kappa shape index (κ2) is 6.31. The Balaban J connectivity index is 2.01. The van der Waals surface area contributed by atoms with E-state index in [9.17, 15) is 13.2 Å². The molecule has 0 unspecified atom stereocenters. The molecule has 0 aliphatic rings. The first kappa shape index (κ1) is 16.0. The lowest BCUT2D eigenvalue weighted by atomic mass is 10.2. The molecular weight excluding hydrogens is 319 g/mol. The van der Waals surface area contributed by atoms with E-state index in [1.54, 1.807) is 0 Å². The lowest BCUT2D eigenvalue weighted by molar-refractivity contribution is 0.445. The van der Waals surface area contributed by atoms with Crippen molar-refractivity contribution in [3.8, 4) is 17.1 Å². The van der Waals surface area contributed by atoms with E-state index >= 15 is 0 Å². The van der Waals surface area contributed by atoms with Crippen molar-refractivity contribution in [2.24, 2.45) is 0 Å². The molecule has 8 heteroatoms. The maximum Gasteiger partial charge on any atom is 0.222 e. The Labute approximate surface area is 136 Å². The van der Waals surface area contributed by atoms with E-state index in [1.807, 2.05) is 13.8 Å². The van der Waals surface area contributed by atoms with Crippen LogP contribution in [-0.2, 0) is 0 Å². The number of benzene rings is 1. The topological polar surface area (TPSA) is 55.6 Å². The molecule has 0 bridgehead atoms. The molecule has 0 saturated carbocycles. The fourth-order valence-corrected chi connectivity index (χ4v) is 2.19.